The Balaban J connectivity index is 2.06. The van der Waals surface area contributed by atoms with Crippen LogP contribution in [0.3, 0.4) is 0 Å². The molecule has 3 rings (SSSR count). The number of nitrogens with zero attached hydrogens (tertiary/aromatic N) is 2. The van der Waals surface area contributed by atoms with Crippen molar-refractivity contribution >= 4 is 5.84 Å². The molecule has 0 radical (unpaired) electrons. The van der Waals surface area contributed by atoms with E-state index in [-0.39, 0.29) is 17.5 Å². The number of amidine groups is 1. The lowest BCUT2D eigenvalue weighted by Gasteiger charge is -2.12. The topological polar surface area (TPSA) is 80.7 Å². The second kappa shape index (κ2) is 5.40. The van der Waals surface area contributed by atoms with Gasteiger partial charge in [0.25, 0.3) is 0 Å². The van der Waals surface area contributed by atoms with Gasteiger partial charge in [0.05, 0.1) is 5.56 Å². The highest BCUT2D eigenvalue weighted by atomic mass is 19.1. The molecule has 1 aliphatic rings. The maximum Gasteiger partial charge on any atom is 0.230 e. The van der Waals surface area contributed by atoms with Gasteiger partial charge < -0.3 is 15.7 Å². The van der Waals surface area contributed by atoms with E-state index in [4.69, 9.17) is 15.7 Å². The number of hydrogen-bond donors (Lipinski definition) is 2. The number of para-hydroxylation sites is 1. The molecule has 0 saturated carbocycles. The Bertz CT molecular complexity index is 716. The van der Waals surface area contributed by atoms with Crippen LogP contribution in [-0.2, 0) is 12.8 Å². The molecule has 0 unspecified atom stereocenters. The monoisotopic (exact) mass is 287 g/mol. The van der Waals surface area contributed by atoms with Gasteiger partial charge >= 0.3 is 0 Å². The third kappa shape index (κ3) is 2.52. The summed E-state index contributed by atoms with van der Waals surface area (Å²) in [6, 6.07) is 7.82. The molecule has 0 fully saturated rings. The van der Waals surface area contributed by atoms with Crippen molar-refractivity contribution < 1.29 is 14.3 Å². The first-order valence-corrected chi connectivity index (χ1v) is 6.62. The molecule has 2 aromatic rings. The number of oxime groups is 1. The first kappa shape index (κ1) is 13.4. The highest BCUT2D eigenvalue weighted by Crippen LogP contribution is 2.30. The van der Waals surface area contributed by atoms with Gasteiger partial charge in [0.1, 0.15) is 0 Å². The Morgan fingerprint density at radius 3 is 2.90 bits per heavy atom. The zero-order chi connectivity index (χ0) is 14.8. The van der Waals surface area contributed by atoms with Crippen LogP contribution in [0.5, 0.6) is 11.6 Å². The van der Waals surface area contributed by atoms with Crippen LogP contribution in [0, 0.1) is 5.82 Å². The van der Waals surface area contributed by atoms with E-state index < -0.39 is 5.82 Å². The lowest BCUT2D eigenvalue weighted by atomic mass is 10.1. The lowest BCUT2D eigenvalue weighted by Crippen LogP contribution is -2.16. The van der Waals surface area contributed by atoms with E-state index in [2.05, 4.69) is 10.1 Å². The van der Waals surface area contributed by atoms with Gasteiger partial charge in [-0.15, -0.1) is 0 Å². The van der Waals surface area contributed by atoms with Gasteiger partial charge in [0.2, 0.25) is 5.88 Å². The number of benzene rings is 1. The quantitative estimate of drug-likeness (QED) is 0.393. The minimum absolute atomic E-state index is 0.0509. The number of fused-ring (bicyclic) bond motifs is 1. The molecule has 0 atom stereocenters. The third-order valence-corrected chi connectivity index (χ3v) is 3.44. The molecule has 0 saturated heterocycles. The van der Waals surface area contributed by atoms with Crippen LogP contribution in [0.25, 0.3) is 0 Å². The van der Waals surface area contributed by atoms with Crippen molar-refractivity contribution in [3.8, 4) is 11.6 Å². The van der Waals surface area contributed by atoms with Gasteiger partial charge in [-0.25, -0.2) is 9.37 Å². The van der Waals surface area contributed by atoms with E-state index >= 15 is 0 Å². The molecule has 108 valence electrons. The zero-order valence-corrected chi connectivity index (χ0v) is 11.2. The van der Waals surface area contributed by atoms with E-state index in [0.717, 1.165) is 30.5 Å². The van der Waals surface area contributed by atoms with E-state index in [1.807, 2.05) is 0 Å². The van der Waals surface area contributed by atoms with Gasteiger partial charge in [0.15, 0.2) is 17.4 Å². The summed E-state index contributed by atoms with van der Waals surface area (Å²) in [5.41, 5.74) is 8.00. The fourth-order valence-corrected chi connectivity index (χ4v) is 2.40. The van der Waals surface area contributed by atoms with Gasteiger partial charge in [-0.2, -0.15) is 0 Å². The van der Waals surface area contributed by atoms with E-state index in [0.29, 0.717) is 5.56 Å². The molecule has 1 heterocycles. The lowest BCUT2D eigenvalue weighted by molar-refractivity contribution is 0.318. The van der Waals surface area contributed by atoms with E-state index in [1.54, 1.807) is 18.2 Å². The van der Waals surface area contributed by atoms with Crippen LogP contribution < -0.4 is 10.5 Å². The highest BCUT2D eigenvalue weighted by Gasteiger charge is 2.20. The Labute approximate surface area is 120 Å². The number of aromatic nitrogens is 1. The molecule has 5 nitrogen and oxygen atoms in total. The van der Waals surface area contributed by atoms with Crippen molar-refractivity contribution in [3.05, 3.63) is 53.0 Å². The first-order valence-electron chi connectivity index (χ1n) is 6.62. The second-order valence-corrected chi connectivity index (χ2v) is 4.82. The summed E-state index contributed by atoms with van der Waals surface area (Å²) < 4.78 is 19.2. The summed E-state index contributed by atoms with van der Waals surface area (Å²) in [5, 5.41) is 11.9. The minimum Gasteiger partial charge on any atom is -0.435 e. The average molecular weight is 287 g/mol. The predicted molar refractivity (Wildman–Crippen MR) is 75.2 cm³/mol. The number of halogens is 1. The summed E-state index contributed by atoms with van der Waals surface area (Å²) in [7, 11) is 0. The predicted octanol–water partition coefficient (Wildman–Crippen LogP) is 2.60. The SMILES string of the molecule is NC(=NO)c1cc2c(nc1Oc1ccccc1F)CCC2. The van der Waals surface area contributed by atoms with Crippen LogP contribution in [0.2, 0.25) is 0 Å². The standard InChI is InChI=1S/C15H14FN3O2/c16-11-5-1-2-7-13(11)21-15-10(14(17)19-20)8-9-4-3-6-12(9)18-15/h1-2,5,7-8,20H,3-4,6H2,(H2,17,19). The molecule has 0 aliphatic heterocycles. The van der Waals surface area contributed by atoms with Gasteiger partial charge in [-0.3, -0.25) is 0 Å². The van der Waals surface area contributed by atoms with Crippen molar-refractivity contribution in [2.45, 2.75) is 19.3 Å². The summed E-state index contributed by atoms with van der Waals surface area (Å²) in [5.74, 6) is -0.403. The van der Waals surface area contributed by atoms with Crippen LogP contribution in [0.15, 0.2) is 35.5 Å². The molecular formula is C15H14FN3O2. The van der Waals surface area contributed by atoms with Gasteiger partial charge in [-0.05, 0) is 43.0 Å². The molecule has 0 bridgehead atoms. The highest BCUT2D eigenvalue weighted by molar-refractivity contribution is 5.99. The Morgan fingerprint density at radius 1 is 1.33 bits per heavy atom. The smallest absolute Gasteiger partial charge is 0.230 e. The molecule has 0 amide bonds. The average Bonchev–Trinajstić information content (AvgIpc) is 2.95. The number of hydrogen-bond acceptors (Lipinski definition) is 4. The van der Waals surface area contributed by atoms with Crippen LogP contribution >= 0.6 is 0 Å². The maximum atomic E-state index is 13.7. The largest absolute Gasteiger partial charge is 0.435 e. The van der Waals surface area contributed by atoms with Crippen molar-refractivity contribution in [1.82, 2.24) is 4.98 Å². The molecular weight excluding hydrogens is 273 g/mol. The van der Waals surface area contributed by atoms with Crippen molar-refractivity contribution in [2.75, 3.05) is 0 Å². The molecule has 1 aromatic heterocycles. The van der Waals surface area contributed by atoms with Crippen LogP contribution in [0.4, 0.5) is 4.39 Å². The number of nitrogens with two attached hydrogens (primary N) is 1. The summed E-state index contributed by atoms with van der Waals surface area (Å²) in [6.07, 6.45) is 2.74. The second-order valence-electron chi connectivity index (χ2n) is 4.82. The van der Waals surface area contributed by atoms with E-state index in [1.165, 1.54) is 12.1 Å². The van der Waals surface area contributed by atoms with Gasteiger partial charge in [0, 0.05) is 5.69 Å². The van der Waals surface area contributed by atoms with Crippen LogP contribution in [-0.4, -0.2) is 16.0 Å². The fourth-order valence-electron chi connectivity index (χ4n) is 2.40. The maximum absolute atomic E-state index is 13.7. The van der Waals surface area contributed by atoms with E-state index in [9.17, 15) is 4.39 Å². The third-order valence-electron chi connectivity index (χ3n) is 3.44. The molecule has 0 spiro atoms. The first-order chi connectivity index (χ1) is 10.2. The molecule has 1 aromatic carbocycles. The number of rotatable bonds is 3. The number of aryl methyl sites for hydroxylation is 2. The summed E-state index contributed by atoms with van der Waals surface area (Å²) in [6.45, 7) is 0. The molecule has 6 heteroatoms. The number of pyridine rings is 1. The van der Waals surface area contributed by atoms with Crippen molar-refractivity contribution in [1.29, 1.82) is 0 Å². The minimum atomic E-state index is -0.495. The zero-order valence-electron chi connectivity index (χ0n) is 11.2. The van der Waals surface area contributed by atoms with Crippen molar-refractivity contribution in [3.63, 3.8) is 0 Å². The van der Waals surface area contributed by atoms with Crippen LogP contribution in [0.1, 0.15) is 23.2 Å². The summed E-state index contributed by atoms with van der Waals surface area (Å²) >= 11 is 0. The molecule has 3 N–H and O–H groups in total. The Morgan fingerprint density at radius 2 is 2.14 bits per heavy atom. The Kier molecular flexibility index (Phi) is 3.43. The fraction of sp³-hybridized carbons (Fsp3) is 0.200. The Hall–Kier alpha value is -2.63. The van der Waals surface area contributed by atoms with Crippen molar-refractivity contribution in [2.24, 2.45) is 10.9 Å². The normalized spacial score (nSPS) is 14.0. The number of ether oxygens (including phenoxy) is 1. The summed E-state index contributed by atoms with van der Waals surface area (Å²) in [4.78, 5) is 4.40. The molecule has 21 heavy (non-hydrogen) atoms. The molecule has 1 aliphatic carbocycles. The van der Waals surface area contributed by atoms with Gasteiger partial charge in [-0.1, -0.05) is 17.3 Å².